The number of benzene rings is 1. The molecule has 1 heterocycles. The predicted octanol–water partition coefficient (Wildman–Crippen LogP) is 1.15. The van der Waals surface area contributed by atoms with Gasteiger partial charge in [-0.3, -0.25) is 4.79 Å². The summed E-state index contributed by atoms with van der Waals surface area (Å²) in [6, 6.07) is 9.40. The van der Waals surface area contributed by atoms with Crippen LogP contribution in [0.1, 0.15) is 5.82 Å². The predicted molar refractivity (Wildman–Crippen MR) is 70.0 cm³/mol. The minimum absolute atomic E-state index is 0.0598. The van der Waals surface area contributed by atoms with Gasteiger partial charge in [0.05, 0.1) is 13.1 Å². The molecule has 0 saturated carbocycles. The maximum Gasteiger partial charge on any atom is 0.238 e. The summed E-state index contributed by atoms with van der Waals surface area (Å²) < 4.78 is 1.92. The van der Waals surface area contributed by atoms with Crippen molar-refractivity contribution in [1.29, 1.82) is 0 Å². The van der Waals surface area contributed by atoms with Crippen molar-refractivity contribution in [3.05, 3.63) is 48.5 Å². The van der Waals surface area contributed by atoms with Crippen LogP contribution >= 0.6 is 0 Å². The number of hydrogen-bond acceptors (Lipinski definition) is 3. The van der Waals surface area contributed by atoms with Crippen molar-refractivity contribution in [3.8, 4) is 0 Å². The van der Waals surface area contributed by atoms with Crippen molar-refractivity contribution >= 4 is 11.6 Å². The summed E-state index contributed by atoms with van der Waals surface area (Å²) in [6.07, 6.45) is 3.61. The number of nitrogens with zero attached hydrogens (tertiary/aromatic N) is 2. The first kappa shape index (κ1) is 12.3. The first-order chi connectivity index (χ1) is 8.75. The fourth-order valence-corrected chi connectivity index (χ4v) is 1.58. The van der Waals surface area contributed by atoms with Gasteiger partial charge in [0.2, 0.25) is 5.91 Å². The van der Waals surface area contributed by atoms with Crippen LogP contribution in [-0.4, -0.2) is 22.0 Å². The molecule has 0 atom stereocenters. The van der Waals surface area contributed by atoms with Crippen molar-refractivity contribution in [3.63, 3.8) is 0 Å². The highest BCUT2D eigenvalue weighted by Gasteiger charge is 2.03. The Morgan fingerprint density at radius 2 is 2.11 bits per heavy atom. The molecule has 2 rings (SSSR count). The third-order valence-electron chi connectivity index (χ3n) is 2.55. The van der Waals surface area contributed by atoms with E-state index >= 15 is 0 Å². The molecule has 1 aromatic carbocycles. The molecule has 0 aliphatic carbocycles. The Morgan fingerprint density at radius 1 is 1.33 bits per heavy atom. The van der Waals surface area contributed by atoms with Crippen LogP contribution in [0, 0.1) is 0 Å². The van der Waals surface area contributed by atoms with Crippen LogP contribution in [-0.2, 0) is 18.4 Å². The zero-order chi connectivity index (χ0) is 12.8. The summed E-state index contributed by atoms with van der Waals surface area (Å²) in [5.74, 6) is 0.845. The van der Waals surface area contributed by atoms with E-state index in [4.69, 9.17) is 0 Å². The second-order valence-electron chi connectivity index (χ2n) is 3.97. The Labute approximate surface area is 106 Å². The van der Waals surface area contributed by atoms with Gasteiger partial charge in [0.1, 0.15) is 5.82 Å². The number of para-hydroxylation sites is 1. The molecule has 2 aromatic rings. The van der Waals surface area contributed by atoms with Gasteiger partial charge in [-0.2, -0.15) is 0 Å². The van der Waals surface area contributed by atoms with Crippen LogP contribution in [0.3, 0.4) is 0 Å². The fraction of sp³-hybridized carbons (Fsp3) is 0.231. The Bertz CT molecular complexity index is 507. The third kappa shape index (κ3) is 3.43. The van der Waals surface area contributed by atoms with Gasteiger partial charge in [0.15, 0.2) is 0 Å². The molecule has 1 aromatic heterocycles. The summed E-state index contributed by atoms with van der Waals surface area (Å²) in [6.45, 7) is 0.841. The molecule has 0 fully saturated rings. The molecule has 0 aliphatic rings. The molecule has 0 aliphatic heterocycles. The largest absolute Gasteiger partial charge is 0.337 e. The number of carbonyl (C=O) groups is 1. The number of rotatable bonds is 5. The zero-order valence-electron chi connectivity index (χ0n) is 10.3. The van der Waals surface area contributed by atoms with Crippen molar-refractivity contribution in [2.45, 2.75) is 6.54 Å². The van der Waals surface area contributed by atoms with E-state index in [1.54, 1.807) is 6.20 Å². The number of imidazole rings is 1. The van der Waals surface area contributed by atoms with Crippen LogP contribution in [0.25, 0.3) is 0 Å². The number of amides is 1. The number of hydrogen-bond donors (Lipinski definition) is 2. The molecule has 2 N–H and O–H groups in total. The maximum absolute atomic E-state index is 11.6. The molecule has 5 nitrogen and oxygen atoms in total. The highest BCUT2D eigenvalue weighted by molar-refractivity contribution is 5.92. The lowest BCUT2D eigenvalue weighted by molar-refractivity contribution is -0.115. The van der Waals surface area contributed by atoms with Crippen molar-refractivity contribution in [2.24, 2.45) is 7.05 Å². The standard InChI is InChI=1S/C13H16N4O/c1-17-8-7-15-12(17)9-14-10-13(18)16-11-5-3-2-4-6-11/h2-8,14H,9-10H2,1H3,(H,16,18). The highest BCUT2D eigenvalue weighted by Crippen LogP contribution is 2.04. The van der Waals surface area contributed by atoms with Gasteiger partial charge in [-0.05, 0) is 12.1 Å². The minimum Gasteiger partial charge on any atom is -0.337 e. The van der Waals surface area contributed by atoms with Gasteiger partial charge >= 0.3 is 0 Å². The lowest BCUT2D eigenvalue weighted by Crippen LogP contribution is -2.28. The van der Waals surface area contributed by atoms with Crippen molar-refractivity contribution < 1.29 is 4.79 Å². The van der Waals surface area contributed by atoms with Crippen LogP contribution < -0.4 is 10.6 Å². The second-order valence-corrected chi connectivity index (χ2v) is 3.97. The fourth-order valence-electron chi connectivity index (χ4n) is 1.58. The summed E-state index contributed by atoms with van der Waals surface area (Å²) in [7, 11) is 1.92. The van der Waals surface area contributed by atoms with Gasteiger partial charge in [0.25, 0.3) is 0 Å². The second kappa shape index (κ2) is 5.97. The minimum atomic E-state index is -0.0598. The zero-order valence-corrected chi connectivity index (χ0v) is 10.3. The van der Waals surface area contributed by atoms with E-state index in [9.17, 15) is 4.79 Å². The quantitative estimate of drug-likeness (QED) is 0.829. The lowest BCUT2D eigenvalue weighted by atomic mass is 10.3. The smallest absolute Gasteiger partial charge is 0.238 e. The Balaban J connectivity index is 1.74. The average Bonchev–Trinajstić information content (AvgIpc) is 2.76. The number of aromatic nitrogens is 2. The molecule has 94 valence electrons. The summed E-state index contributed by atoms with van der Waals surface area (Å²) in [4.78, 5) is 15.8. The van der Waals surface area contributed by atoms with Crippen LogP contribution in [0.15, 0.2) is 42.7 Å². The molecule has 0 saturated heterocycles. The topological polar surface area (TPSA) is 59.0 Å². The van der Waals surface area contributed by atoms with Gasteiger partial charge in [-0.25, -0.2) is 4.98 Å². The van der Waals surface area contributed by atoms with Crippen LogP contribution in [0.4, 0.5) is 5.69 Å². The van der Waals surface area contributed by atoms with Crippen molar-refractivity contribution in [2.75, 3.05) is 11.9 Å². The van der Waals surface area contributed by atoms with Crippen LogP contribution in [0.5, 0.6) is 0 Å². The van der Waals surface area contributed by atoms with E-state index < -0.39 is 0 Å². The Morgan fingerprint density at radius 3 is 2.78 bits per heavy atom. The average molecular weight is 244 g/mol. The van der Waals surface area contributed by atoms with Crippen LogP contribution in [0.2, 0.25) is 0 Å². The number of carbonyl (C=O) groups excluding carboxylic acids is 1. The molecular weight excluding hydrogens is 228 g/mol. The van der Waals surface area contributed by atoms with E-state index in [1.165, 1.54) is 0 Å². The van der Waals surface area contributed by atoms with E-state index in [1.807, 2.05) is 48.1 Å². The molecule has 0 unspecified atom stereocenters. The van der Waals surface area contributed by atoms with Crippen molar-refractivity contribution in [1.82, 2.24) is 14.9 Å². The highest BCUT2D eigenvalue weighted by atomic mass is 16.1. The first-order valence-corrected chi connectivity index (χ1v) is 5.77. The van der Waals surface area contributed by atoms with E-state index in [2.05, 4.69) is 15.6 Å². The third-order valence-corrected chi connectivity index (χ3v) is 2.55. The van der Waals surface area contributed by atoms with Gasteiger partial charge in [0, 0.05) is 25.1 Å². The van der Waals surface area contributed by atoms with Gasteiger partial charge in [-0.1, -0.05) is 18.2 Å². The van der Waals surface area contributed by atoms with E-state index in [0.29, 0.717) is 6.54 Å². The molecule has 0 bridgehead atoms. The molecule has 5 heteroatoms. The van der Waals surface area contributed by atoms with Gasteiger partial charge < -0.3 is 15.2 Å². The Kier molecular flexibility index (Phi) is 4.09. The molecular formula is C13H16N4O. The number of nitrogens with one attached hydrogen (secondary N) is 2. The summed E-state index contributed by atoms with van der Waals surface area (Å²) >= 11 is 0. The van der Waals surface area contributed by atoms with Gasteiger partial charge in [-0.15, -0.1) is 0 Å². The monoisotopic (exact) mass is 244 g/mol. The summed E-state index contributed by atoms with van der Waals surface area (Å²) in [5.41, 5.74) is 0.807. The van der Waals surface area contributed by atoms with E-state index in [0.717, 1.165) is 11.5 Å². The summed E-state index contributed by atoms with van der Waals surface area (Å²) in [5, 5.41) is 5.86. The normalized spacial score (nSPS) is 10.3. The number of anilines is 1. The molecule has 18 heavy (non-hydrogen) atoms. The Hall–Kier alpha value is -2.14. The first-order valence-electron chi connectivity index (χ1n) is 5.77. The molecule has 0 spiro atoms. The van der Waals surface area contributed by atoms with E-state index in [-0.39, 0.29) is 12.5 Å². The molecule has 1 amide bonds. The molecule has 0 radical (unpaired) electrons. The lowest BCUT2D eigenvalue weighted by Gasteiger charge is -2.06. The SMILES string of the molecule is Cn1ccnc1CNCC(=O)Nc1ccccc1. The maximum atomic E-state index is 11.6. The number of aryl methyl sites for hydroxylation is 1.